The fourth-order valence-corrected chi connectivity index (χ4v) is 3.76. The second-order valence-corrected chi connectivity index (χ2v) is 7.89. The highest BCUT2D eigenvalue weighted by molar-refractivity contribution is 7.98. The van der Waals surface area contributed by atoms with Gasteiger partial charge in [0.15, 0.2) is 0 Å². The van der Waals surface area contributed by atoms with Gasteiger partial charge in [0.25, 0.3) is 5.56 Å². The molecule has 6 nitrogen and oxygen atoms in total. The first-order chi connectivity index (χ1) is 14.5. The minimum atomic E-state index is -0.262. The number of nitrogens with one attached hydrogen (secondary N) is 2. The standard InChI is InChI=1S/C23H21N5OS/c1-15-6-10-20(11-7-15)30-14-19-13-21(29)27-23(26-19)28-22(24)25-18-9-8-16-4-2-3-5-17(16)12-18/h2-13H,14H2,1H3,(H4,24,25,26,27,28,29). The summed E-state index contributed by atoms with van der Waals surface area (Å²) in [6.45, 7) is 2.05. The Morgan fingerprint density at radius 2 is 1.83 bits per heavy atom. The highest BCUT2D eigenvalue weighted by Gasteiger charge is 2.04. The summed E-state index contributed by atoms with van der Waals surface area (Å²) >= 11 is 1.61. The SMILES string of the molecule is Cc1ccc(SCc2cc(=O)[nH]c(/N=C(\N)Nc3ccc4ccccc4c3)n2)cc1. The lowest BCUT2D eigenvalue weighted by atomic mass is 10.1. The van der Waals surface area contributed by atoms with E-state index in [0.717, 1.165) is 21.4 Å². The van der Waals surface area contributed by atoms with Crippen LogP contribution in [-0.2, 0) is 5.75 Å². The Balaban J connectivity index is 1.48. The molecule has 3 aromatic carbocycles. The van der Waals surface area contributed by atoms with Crippen LogP contribution in [-0.4, -0.2) is 15.9 Å². The molecule has 4 N–H and O–H groups in total. The number of aromatic amines is 1. The first kappa shape index (κ1) is 19.7. The van der Waals surface area contributed by atoms with Crippen molar-refractivity contribution in [3.63, 3.8) is 0 Å². The molecule has 0 radical (unpaired) electrons. The lowest BCUT2D eigenvalue weighted by molar-refractivity contribution is 1.04. The number of aryl methyl sites for hydroxylation is 1. The molecule has 0 aliphatic carbocycles. The van der Waals surface area contributed by atoms with E-state index in [0.29, 0.717) is 11.4 Å². The Hall–Kier alpha value is -3.58. The van der Waals surface area contributed by atoms with Crippen LogP contribution in [0.1, 0.15) is 11.3 Å². The predicted octanol–water partition coefficient (Wildman–Crippen LogP) is 4.58. The van der Waals surface area contributed by atoms with Crippen LogP contribution in [0.25, 0.3) is 10.8 Å². The van der Waals surface area contributed by atoms with Crippen LogP contribution in [0, 0.1) is 6.92 Å². The Kier molecular flexibility index (Phi) is 5.81. The summed E-state index contributed by atoms with van der Waals surface area (Å²) in [6.07, 6.45) is 0. The number of aromatic nitrogens is 2. The molecular formula is C23H21N5OS. The largest absolute Gasteiger partial charge is 0.369 e. The average molecular weight is 416 g/mol. The highest BCUT2D eigenvalue weighted by atomic mass is 32.2. The summed E-state index contributed by atoms with van der Waals surface area (Å²) < 4.78 is 0. The number of aliphatic imine (C=N–C) groups is 1. The summed E-state index contributed by atoms with van der Waals surface area (Å²) in [5.41, 5.74) is 8.43. The molecule has 4 rings (SSSR count). The van der Waals surface area contributed by atoms with E-state index in [2.05, 4.69) is 44.5 Å². The molecule has 0 fully saturated rings. The van der Waals surface area contributed by atoms with Crippen molar-refractivity contribution in [1.82, 2.24) is 9.97 Å². The highest BCUT2D eigenvalue weighted by Crippen LogP contribution is 2.22. The van der Waals surface area contributed by atoms with Gasteiger partial charge in [-0.15, -0.1) is 11.8 Å². The van der Waals surface area contributed by atoms with Gasteiger partial charge in [-0.25, -0.2) is 4.98 Å². The van der Waals surface area contributed by atoms with Crippen LogP contribution in [0.2, 0.25) is 0 Å². The third-order valence-corrected chi connectivity index (χ3v) is 5.48. The van der Waals surface area contributed by atoms with Gasteiger partial charge in [-0.05, 0) is 42.0 Å². The van der Waals surface area contributed by atoms with E-state index in [9.17, 15) is 4.79 Å². The number of hydrogen-bond acceptors (Lipinski definition) is 4. The zero-order valence-electron chi connectivity index (χ0n) is 16.4. The third kappa shape index (κ3) is 5.07. The minimum Gasteiger partial charge on any atom is -0.369 e. The molecule has 0 saturated carbocycles. The second-order valence-electron chi connectivity index (χ2n) is 6.85. The Labute approximate surface area is 178 Å². The molecule has 0 atom stereocenters. The molecule has 0 aliphatic rings. The van der Waals surface area contributed by atoms with Crippen molar-refractivity contribution < 1.29 is 0 Å². The number of benzene rings is 3. The number of nitrogens with zero attached hydrogens (tertiary/aromatic N) is 2. The molecule has 1 aromatic heterocycles. The van der Waals surface area contributed by atoms with Crippen LogP contribution in [0.4, 0.5) is 11.6 Å². The van der Waals surface area contributed by atoms with E-state index in [-0.39, 0.29) is 17.5 Å². The lowest BCUT2D eigenvalue weighted by Gasteiger charge is -2.07. The monoisotopic (exact) mass is 415 g/mol. The van der Waals surface area contributed by atoms with E-state index >= 15 is 0 Å². The lowest BCUT2D eigenvalue weighted by Crippen LogP contribution is -2.22. The summed E-state index contributed by atoms with van der Waals surface area (Å²) in [6, 6.07) is 23.7. The zero-order valence-corrected chi connectivity index (χ0v) is 17.2. The molecule has 0 aliphatic heterocycles. The van der Waals surface area contributed by atoms with Gasteiger partial charge in [-0.1, -0.05) is 48.0 Å². The predicted molar refractivity (Wildman–Crippen MR) is 124 cm³/mol. The Morgan fingerprint density at radius 1 is 1.07 bits per heavy atom. The number of fused-ring (bicyclic) bond motifs is 1. The van der Waals surface area contributed by atoms with Gasteiger partial charge in [-0.2, -0.15) is 4.99 Å². The normalized spacial score (nSPS) is 11.6. The third-order valence-electron chi connectivity index (χ3n) is 4.44. The van der Waals surface area contributed by atoms with Crippen molar-refractivity contribution in [2.24, 2.45) is 10.7 Å². The number of guanidine groups is 1. The Bertz CT molecular complexity index is 1260. The summed E-state index contributed by atoms with van der Waals surface area (Å²) in [4.78, 5) is 24.4. The van der Waals surface area contributed by atoms with Gasteiger partial charge >= 0.3 is 0 Å². The van der Waals surface area contributed by atoms with E-state index < -0.39 is 0 Å². The van der Waals surface area contributed by atoms with Crippen LogP contribution in [0.15, 0.2) is 87.5 Å². The maximum atomic E-state index is 12.0. The van der Waals surface area contributed by atoms with E-state index in [1.54, 1.807) is 11.8 Å². The number of H-pyrrole nitrogens is 1. The molecule has 0 amide bonds. The smallest absolute Gasteiger partial charge is 0.252 e. The molecule has 30 heavy (non-hydrogen) atoms. The van der Waals surface area contributed by atoms with Gasteiger partial charge in [0.1, 0.15) is 0 Å². The maximum absolute atomic E-state index is 12.0. The number of nitrogens with two attached hydrogens (primary N) is 1. The number of thioether (sulfide) groups is 1. The maximum Gasteiger partial charge on any atom is 0.252 e. The number of rotatable bonds is 5. The molecule has 7 heteroatoms. The summed E-state index contributed by atoms with van der Waals surface area (Å²) in [5.74, 6) is 0.887. The van der Waals surface area contributed by atoms with Gasteiger partial charge in [0, 0.05) is 22.4 Å². The number of anilines is 1. The van der Waals surface area contributed by atoms with Gasteiger partial charge in [0.05, 0.1) is 5.69 Å². The summed E-state index contributed by atoms with van der Waals surface area (Å²) in [7, 11) is 0. The van der Waals surface area contributed by atoms with Crippen LogP contribution >= 0.6 is 11.8 Å². The van der Waals surface area contributed by atoms with Gasteiger partial charge in [0.2, 0.25) is 11.9 Å². The van der Waals surface area contributed by atoms with E-state index in [4.69, 9.17) is 5.73 Å². The molecular weight excluding hydrogens is 394 g/mol. The summed E-state index contributed by atoms with van der Waals surface area (Å²) in [5, 5.41) is 5.28. The Morgan fingerprint density at radius 3 is 2.63 bits per heavy atom. The molecule has 0 bridgehead atoms. The molecule has 150 valence electrons. The fourth-order valence-electron chi connectivity index (χ4n) is 2.97. The van der Waals surface area contributed by atoms with Crippen LogP contribution in [0.3, 0.4) is 0 Å². The first-order valence-corrected chi connectivity index (χ1v) is 10.4. The zero-order chi connectivity index (χ0) is 20.9. The number of hydrogen-bond donors (Lipinski definition) is 3. The van der Waals surface area contributed by atoms with Crippen molar-refractivity contribution in [2.75, 3.05) is 5.32 Å². The average Bonchev–Trinajstić information content (AvgIpc) is 2.73. The van der Waals surface area contributed by atoms with E-state index in [1.165, 1.54) is 11.6 Å². The molecule has 0 saturated heterocycles. The van der Waals surface area contributed by atoms with Crippen molar-refractivity contribution >= 4 is 40.1 Å². The molecule has 0 unspecified atom stereocenters. The van der Waals surface area contributed by atoms with Crippen molar-refractivity contribution in [2.45, 2.75) is 17.6 Å². The van der Waals surface area contributed by atoms with Crippen molar-refractivity contribution in [1.29, 1.82) is 0 Å². The van der Waals surface area contributed by atoms with Gasteiger partial charge in [-0.3, -0.25) is 9.78 Å². The first-order valence-electron chi connectivity index (χ1n) is 9.45. The minimum absolute atomic E-state index is 0.150. The fraction of sp³-hybridized carbons (Fsp3) is 0.0870. The molecule has 4 aromatic rings. The van der Waals surface area contributed by atoms with Crippen molar-refractivity contribution in [3.05, 3.63) is 94.4 Å². The van der Waals surface area contributed by atoms with Gasteiger partial charge < -0.3 is 11.1 Å². The second kappa shape index (κ2) is 8.84. The van der Waals surface area contributed by atoms with Crippen LogP contribution < -0.4 is 16.6 Å². The van der Waals surface area contributed by atoms with Crippen LogP contribution in [0.5, 0.6) is 0 Å². The topological polar surface area (TPSA) is 96.2 Å². The van der Waals surface area contributed by atoms with E-state index in [1.807, 2.05) is 49.4 Å². The quantitative estimate of drug-likeness (QED) is 0.252. The molecule has 1 heterocycles. The molecule has 0 spiro atoms. The van der Waals surface area contributed by atoms with Crippen molar-refractivity contribution in [3.8, 4) is 0 Å².